The maximum atomic E-state index is 13.0. The molecule has 0 aliphatic carbocycles. The number of rotatable bonds is 11. The smallest absolute Gasteiger partial charge is 0.163 e. The third-order valence-electron chi connectivity index (χ3n) is 6.27. The van der Waals surface area contributed by atoms with Crippen LogP contribution in [0.1, 0.15) is 59.9 Å². The largest absolute Gasteiger partial charge is 0.489 e. The van der Waals surface area contributed by atoms with Crippen LogP contribution in [0.15, 0.2) is 60.7 Å². The zero-order chi connectivity index (χ0) is 26.5. The highest BCUT2D eigenvalue weighted by molar-refractivity contribution is 6.32. The number of carbonyl (C=O) groups excluding carboxylic acids is 2. The van der Waals surface area contributed by atoms with Gasteiger partial charge in [0.05, 0.1) is 22.2 Å². The van der Waals surface area contributed by atoms with Gasteiger partial charge in [0.2, 0.25) is 0 Å². The van der Waals surface area contributed by atoms with Gasteiger partial charge >= 0.3 is 0 Å². The standard InChI is InChI=1S/C30H31ClN2O4/c1-18(2)37-29-11-9-24(16-25(29)31)28(36)15-21(12-13-34)14-20-4-6-22(7-5-20)30-32-26-10-8-23(19(3)35)17-27(26)33-30/h4-11,16-18,21,34H,12-15H2,1-3H3,(H,32,33)/t21-/m1/s1. The predicted octanol–water partition coefficient (Wildman–Crippen LogP) is 6.69. The van der Waals surface area contributed by atoms with E-state index in [1.54, 1.807) is 31.2 Å². The van der Waals surface area contributed by atoms with E-state index in [1.807, 2.05) is 50.2 Å². The molecule has 0 amide bonds. The minimum Gasteiger partial charge on any atom is -0.489 e. The van der Waals surface area contributed by atoms with E-state index < -0.39 is 0 Å². The van der Waals surface area contributed by atoms with Crippen LogP contribution < -0.4 is 4.74 Å². The molecular formula is C30H31ClN2O4. The van der Waals surface area contributed by atoms with Crippen LogP contribution in [0, 0.1) is 5.92 Å². The van der Waals surface area contributed by atoms with Crippen LogP contribution in [-0.2, 0) is 6.42 Å². The summed E-state index contributed by atoms with van der Waals surface area (Å²) < 4.78 is 5.66. The van der Waals surface area contributed by atoms with Gasteiger partial charge in [-0.05, 0) is 81.5 Å². The molecule has 1 atom stereocenters. The molecule has 0 fully saturated rings. The van der Waals surface area contributed by atoms with Gasteiger partial charge in [0, 0.05) is 29.7 Å². The van der Waals surface area contributed by atoms with Gasteiger partial charge in [0.25, 0.3) is 0 Å². The maximum Gasteiger partial charge on any atom is 0.163 e. The molecule has 2 N–H and O–H groups in total. The molecule has 0 bridgehead atoms. The van der Waals surface area contributed by atoms with Crippen molar-refractivity contribution in [3.63, 3.8) is 0 Å². The number of ether oxygens (including phenoxy) is 1. The van der Waals surface area contributed by atoms with Gasteiger partial charge in [-0.25, -0.2) is 4.98 Å². The minimum absolute atomic E-state index is 0.00851. The van der Waals surface area contributed by atoms with Crippen LogP contribution in [0.25, 0.3) is 22.4 Å². The van der Waals surface area contributed by atoms with Gasteiger partial charge in [-0.3, -0.25) is 9.59 Å². The van der Waals surface area contributed by atoms with Gasteiger partial charge in [0.1, 0.15) is 11.6 Å². The lowest BCUT2D eigenvalue weighted by Gasteiger charge is -2.16. The number of aromatic amines is 1. The molecule has 4 aromatic rings. The first-order valence-electron chi connectivity index (χ1n) is 12.4. The van der Waals surface area contributed by atoms with Gasteiger partial charge < -0.3 is 14.8 Å². The molecule has 1 aromatic heterocycles. The van der Waals surface area contributed by atoms with Crippen molar-refractivity contribution in [2.24, 2.45) is 5.92 Å². The van der Waals surface area contributed by atoms with E-state index >= 15 is 0 Å². The van der Waals surface area contributed by atoms with Crippen molar-refractivity contribution in [2.45, 2.75) is 46.1 Å². The van der Waals surface area contributed by atoms with Gasteiger partial charge in [-0.2, -0.15) is 0 Å². The van der Waals surface area contributed by atoms with Gasteiger partial charge in [-0.1, -0.05) is 35.9 Å². The molecular weight excluding hydrogens is 488 g/mol. The van der Waals surface area contributed by atoms with E-state index in [2.05, 4.69) is 9.97 Å². The van der Waals surface area contributed by atoms with E-state index in [4.69, 9.17) is 16.3 Å². The van der Waals surface area contributed by atoms with Crippen molar-refractivity contribution in [3.05, 3.63) is 82.4 Å². The van der Waals surface area contributed by atoms with Crippen molar-refractivity contribution in [1.82, 2.24) is 9.97 Å². The van der Waals surface area contributed by atoms with E-state index in [9.17, 15) is 14.7 Å². The molecule has 192 valence electrons. The Labute approximate surface area is 221 Å². The summed E-state index contributed by atoms with van der Waals surface area (Å²) >= 11 is 6.32. The number of hydrogen-bond acceptors (Lipinski definition) is 5. The highest BCUT2D eigenvalue weighted by atomic mass is 35.5. The molecule has 7 heteroatoms. The number of Topliss-reactive ketones (excluding diaryl/α,β-unsaturated/α-hetero) is 2. The fourth-order valence-electron chi connectivity index (χ4n) is 4.36. The van der Waals surface area contributed by atoms with Crippen LogP contribution in [0.2, 0.25) is 5.02 Å². The third-order valence-corrected chi connectivity index (χ3v) is 6.56. The topological polar surface area (TPSA) is 92.3 Å². The van der Waals surface area contributed by atoms with Crippen LogP contribution in [0.4, 0.5) is 0 Å². The molecule has 3 aromatic carbocycles. The summed E-state index contributed by atoms with van der Waals surface area (Å²) in [5, 5.41) is 10.0. The number of nitrogens with zero attached hydrogens (tertiary/aromatic N) is 1. The van der Waals surface area contributed by atoms with Crippen LogP contribution in [-0.4, -0.2) is 39.4 Å². The number of nitrogens with one attached hydrogen (secondary N) is 1. The fourth-order valence-corrected chi connectivity index (χ4v) is 4.59. The normalized spacial score (nSPS) is 12.2. The maximum absolute atomic E-state index is 13.0. The Balaban J connectivity index is 1.44. The first-order valence-corrected chi connectivity index (χ1v) is 12.8. The highest BCUT2D eigenvalue weighted by Crippen LogP contribution is 2.29. The molecule has 4 rings (SSSR count). The number of H-pyrrole nitrogens is 1. The van der Waals surface area contributed by atoms with Crippen molar-refractivity contribution in [2.75, 3.05) is 6.61 Å². The van der Waals surface area contributed by atoms with Crippen molar-refractivity contribution >= 4 is 34.2 Å². The number of hydrogen-bond donors (Lipinski definition) is 2. The summed E-state index contributed by atoms with van der Waals surface area (Å²) in [5.74, 6) is 1.28. The molecule has 0 spiro atoms. The van der Waals surface area contributed by atoms with Crippen LogP contribution >= 0.6 is 11.6 Å². The Morgan fingerprint density at radius 1 is 1.03 bits per heavy atom. The Kier molecular flexibility index (Phi) is 8.41. The molecule has 0 aliphatic heterocycles. The Bertz CT molecular complexity index is 1410. The Morgan fingerprint density at radius 2 is 1.76 bits per heavy atom. The van der Waals surface area contributed by atoms with Gasteiger partial charge in [0.15, 0.2) is 11.6 Å². The lowest BCUT2D eigenvalue weighted by Crippen LogP contribution is -2.13. The molecule has 6 nitrogen and oxygen atoms in total. The second-order valence-corrected chi connectivity index (χ2v) is 10.00. The SMILES string of the molecule is CC(=O)c1ccc2nc(-c3ccc(C[C@@H](CCO)CC(=O)c4ccc(OC(C)C)c(Cl)c4)cc3)[nH]c2c1. The second kappa shape index (κ2) is 11.7. The van der Waals surface area contributed by atoms with Crippen LogP contribution in [0.5, 0.6) is 5.75 Å². The second-order valence-electron chi connectivity index (χ2n) is 9.59. The molecule has 0 saturated carbocycles. The summed E-state index contributed by atoms with van der Waals surface area (Å²) in [6.07, 6.45) is 1.49. The van der Waals surface area contributed by atoms with Gasteiger partial charge in [-0.15, -0.1) is 0 Å². The van der Waals surface area contributed by atoms with Crippen molar-refractivity contribution in [3.8, 4) is 17.1 Å². The quantitative estimate of drug-likeness (QED) is 0.216. The predicted molar refractivity (Wildman–Crippen MR) is 147 cm³/mol. The Hall–Kier alpha value is -3.48. The first kappa shape index (κ1) is 26.6. The fraction of sp³-hybridized carbons (Fsp3) is 0.300. The highest BCUT2D eigenvalue weighted by Gasteiger charge is 2.18. The zero-order valence-corrected chi connectivity index (χ0v) is 22.0. The summed E-state index contributed by atoms with van der Waals surface area (Å²) in [6.45, 7) is 5.40. The zero-order valence-electron chi connectivity index (χ0n) is 21.3. The molecule has 0 radical (unpaired) electrons. The van der Waals surface area contributed by atoms with E-state index in [0.717, 1.165) is 28.0 Å². The average Bonchev–Trinajstić information content (AvgIpc) is 3.29. The number of aliphatic hydroxyl groups excluding tert-OH is 1. The number of ketones is 2. The molecule has 37 heavy (non-hydrogen) atoms. The molecule has 0 unspecified atom stereocenters. The average molecular weight is 519 g/mol. The third kappa shape index (κ3) is 6.64. The monoisotopic (exact) mass is 518 g/mol. The summed E-state index contributed by atoms with van der Waals surface area (Å²) in [4.78, 5) is 32.6. The van der Waals surface area contributed by atoms with Crippen LogP contribution in [0.3, 0.4) is 0 Å². The van der Waals surface area contributed by atoms with E-state index in [-0.39, 0.29) is 30.2 Å². The molecule has 0 saturated heterocycles. The minimum atomic E-state index is -0.0136. The number of aromatic nitrogens is 2. The number of imidazole rings is 1. The number of benzene rings is 3. The van der Waals surface area contributed by atoms with E-state index in [0.29, 0.717) is 41.2 Å². The summed E-state index contributed by atoms with van der Waals surface area (Å²) in [5.41, 5.74) is 4.80. The van der Waals surface area contributed by atoms with Crippen molar-refractivity contribution in [1.29, 1.82) is 0 Å². The number of aliphatic hydroxyl groups is 1. The first-order chi connectivity index (χ1) is 17.7. The summed E-state index contributed by atoms with van der Waals surface area (Å²) in [7, 11) is 0. The lowest BCUT2D eigenvalue weighted by atomic mass is 9.89. The summed E-state index contributed by atoms with van der Waals surface area (Å²) in [6, 6.07) is 18.6. The molecule has 1 heterocycles. The molecule has 0 aliphatic rings. The number of halogens is 1. The number of fused-ring (bicyclic) bond motifs is 1. The van der Waals surface area contributed by atoms with Crippen molar-refractivity contribution < 1.29 is 19.4 Å². The lowest BCUT2D eigenvalue weighted by molar-refractivity contribution is 0.0952. The van der Waals surface area contributed by atoms with E-state index in [1.165, 1.54) is 0 Å². The Morgan fingerprint density at radius 3 is 2.41 bits per heavy atom. The number of carbonyl (C=O) groups is 2.